The minimum Gasteiger partial charge on any atom is -0.493 e. The zero-order chi connectivity index (χ0) is 21.6. The predicted octanol–water partition coefficient (Wildman–Crippen LogP) is 4.45. The van der Waals surface area contributed by atoms with Gasteiger partial charge < -0.3 is 19.9 Å². The third-order valence-electron chi connectivity index (χ3n) is 5.18. The Labute approximate surface area is 180 Å². The normalized spacial score (nSPS) is 15.1. The topological polar surface area (TPSA) is 84.9 Å². The van der Waals surface area contributed by atoms with Crippen LogP contribution in [-0.2, 0) is 16.2 Å². The summed E-state index contributed by atoms with van der Waals surface area (Å²) in [5.74, 6) is -0.349. The molecule has 0 aromatic heterocycles. The molecule has 2 aromatic rings. The first kappa shape index (κ1) is 21.7. The van der Waals surface area contributed by atoms with Crippen LogP contribution in [0.1, 0.15) is 36.8 Å². The van der Waals surface area contributed by atoms with E-state index in [1.165, 1.54) is 13.2 Å². The highest BCUT2D eigenvalue weighted by atomic mass is 35.5. The third-order valence-corrected chi connectivity index (χ3v) is 5.55. The predicted molar refractivity (Wildman–Crippen MR) is 115 cm³/mol. The minimum absolute atomic E-state index is 0.297. The molecule has 0 spiro atoms. The molecule has 0 saturated heterocycles. The van der Waals surface area contributed by atoms with Crippen molar-refractivity contribution >= 4 is 29.6 Å². The van der Waals surface area contributed by atoms with Gasteiger partial charge in [-0.05, 0) is 42.7 Å². The Morgan fingerprint density at radius 1 is 1.17 bits per heavy atom. The average molecular weight is 430 g/mol. The summed E-state index contributed by atoms with van der Waals surface area (Å²) < 4.78 is 11.2. The van der Waals surface area contributed by atoms with Crippen LogP contribution < -0.4 is 14.8 Å². The molecule has 158 valence electrons. The van der Waals surface area contributed by atoms with Gasteiger partial charge in [0.05, 0.1) is 7.11 Å². The molecule has 0 radical (unpaired) electrons. The molecule has 3 rings (SSSR count). The standard InChI is InChI=1S/C23H24ClNO5/c1-29-20-14-16(8-10-19(20)30-15-17-6-2-3-7-18(17)24)9-11-21(26)25-23(22(27)28)12-4-5-13-23/h2-3,6-11,14H,4-5,12-13,15H2,1H3,(H,25,26)(H,27,28). The maximum Gasteiger partial charge on any atom is 0.329 e. The second-order valence-electron chi connectivity index (χ2n) is 7.21. The number of carboxylic acids is 1. The van der Waals surface area contributed by atoms with Gasteiger partial charge in [0.2, 0.25) is 5.91 Å². The molecular weight excluding hydrogens is 406 g/mol. The van der Waals surface area contributed by atoms with E-state index in [9.17, 15) is 14.7 Å². The summed E-state index contributed by atoms with van der Waals surface area (Å²) in [5.41, 5.74) is 0.430. The van der Waals surface area contributed by atoms with E-state index in [1.54, 1.807) is 30.3 Å². The molecule has 7 heteroatoms. The number of methoxy groups -OCH3 is 1. The lowest BCUT2D eigenvalue weighted by Crippen LogP contribution is -2.52. The van der Waals surface area contributed by atoms with Gasteiger partial charge >= 0.3 is 5.97 Å². The zero-order valence-corrected chi connectivity index (χ0v) is 17.4. The molecule has 0 heterocycles. The number of ether oxygens (including phenoxy) is 2. The maximum absolute atomic E-state index is 12.3. The van der Waals surface area contributed by atoms with E-state index >= 15 is 0 Å². The molecule has 2 N–H and O–H groups in total. The van der Waals surface area contributed by atoms with Gasteiger partial charge in [0.15, 0.2) is 11.5 Å². The lowest BCUT2D eigenvalue weighted by atomic mass is 9.98. The number of carbonyl (C=O) groups is 2. The quantitative estimate of drug-likeness (QED) is 0.605. The van der Waals surface area contributed by atoms with Gasteiger partial charge in [-0.3, -0.25) is 4.79 Å². The zero-order valence-electron chi connectivity index (χ0n) is 16.7. The lowest BCUT2D eigenvalue weighted by Gasteiger charge is -2.24. The van der Waals surface area contributed by atoms with Crippen LogP contribution in [0.2, 0.25) is 5.02 Å². The minimum atomic E-state index is -1.16. The summed E-state index contributed by atoms with van der Waals surface area (Å²) in [7, 11) is 1.54. The fourth-order valence-corrected chi connectivity index (χ4v) is 3.69. The van der Waals surface area contributed by atoms with Crippen LogP contribution in [0.25, 0.3) is 6.08 Å². The van der Waals surface area contributed by atoms with E-state index in [0.717, 1.165) is 24.0 Å². The fourth-order valence-electron chi connectivity index (χ4n) is 3.50. The van der Waals surface area contributed by atoms with Gasteiger partial charge in [0, 0.05) is 16.7 Å². The summed E-state index contributed by atoms with van der Waals surface area (Å²) in [6.45, 7) is 0.297. The first-order chi connectivity index (χ1) is 14.4. The maximum atomic E-state index is 12.3. The van der Waals surface area contributed by atoms with Crippen molar-refractivity contribution in [3.05, 3.63) is 64.7 Å². The van der Waals surface area contributed by atoms with E-state index in [1.807, 2.05) is 18.2 Å². The van der Waals surface area contributed by atoms with Crippen LogP contribution in [-0.4, -0.2) is 29.6 Å². The summed E-state index contributed by atoms with van der Waals surface area (Å²) >= 11 is 6.16. The summed E-state index contributed by atoms with van der Waals surface area (Å²) in [6.07, 6.45) is 5.44. The van der Waals surface area contributed by atoms with Crippen LogP contribution in [0.15, 0.2) is 48.5 Å². The number of carboxylic acid groups (broad SMARTS) is 1. The van der Waals surface area contributed by atoms with Crippen molar-refractivity contribution in [3.8, 4) is 11.5 Å². The van der Waals surface area contributed by atoms with Crippen LogP contribution in [0.5, 0.6) is 11.5 Å². The Morgan fingerprint density at radius 3 is 2.57 bits per heavy atom. The van der Waals surface area contributed by atoms with Crippen LogP contribution in [0.4, 0.5) is 0 Å². The monoisotopic (exact) mass is 429 g/mol. The first-order valence-electron chi connectivity index (χ1n) is 9.71. The third kappa shape index (κ3) is 5.13. The van der Waals surface area contributed by atoms with E-state index in [2.05, 4.69) is 5.32 Å². The highest BCUT2D eigenvalue weighted by Gasteiger charge is 2.42. The Kier molecular flexibility index (Phi) is 7.00. The van der Waals surface area contributed by atoms with E-state index in [0.29, 0.717) is 36.0 Å². The van der Waals surface area contributed by atoms with E-state index < -0.39 is 17.4 Å². The van der Waals surface area contributed by atoms with Gasteiger partial charge in [-0.1, -0.05) is 48.7 Å². The molecular formula is C23H24ClNO5. The Balaban J connectivity index is 1.66. The van der Waals surface area contributed by atoms with E-state index in [4.69, 9.17) is 21.1 Å². The summed E-state index contributed by atoms with van der Waals surface area (Å²) in [4.78, 5) is 23.8. The van der Waals surface area contributed by atoms with Crippen molar-refractivity contribution in [1.29, 1.82) is 0 Å². The van der Waals surface area contributed by atoms with Gasteiger partial charge in [0.25, 0.3) is 0 Å². The highest BCUT2D eigenvalue weighted by Crippen LogP contribution is 2.31. The van der Waals surface area contributed by atoms with Crippen molar-refractivity contribution in [3.63, 3.8) is 0 Å². The molecule has 0 atom stereocenters. The number of benzene rings is 2. The van der Waals surface area contributed by atoms with Crippen molar-refractivity contribution in [1.82, 2.24) is 5.32 Å². The van der Waals surface area contributed by atoms with Gasteiger partial charge in [-0.25, -0.2) is 4.79 Å². The summed E-state index contributed by atoms with van der Waals surface area (Å²) in [5, 5.41) is 12.7. The van der Waals surface area contributed by atoms with Crippen LogP contribution in [0, 0.1) is 0 Å². The van der Waals surface area contributed by atoms with Crippen molar-refractivity contribution in [2.24, 2.45) is 0 Å². The second-order valence-corrected chi connectivity index (χ2v) is 7.61. The molecule has 2 aromatic carbocycles. The summed E-state index contributed by atoms with van der Waals surface area (Å²) in [6, 6.07) is 12.7. The Morgan fingerprint density at radius 2 is 1.90 bits per heavy atom. The number of hydrogen-bond donors (Lipinski definition) is 2. The Bertz CT molecular complexity index is 950. The molecule has 1 fully saturated rings. The Hall–Kier alpha value is -2.99. The molecule has 0 aliphatic heterocycles. The first-order valence-corrected chi connectivity index (χ1v) is 10.1. The molecule has 30 heavy (non-hydrogen) atoms. The SMILES string of the molecule is COc1cc(C=CC(=O)NC2(C(=O)O)CCCC2)ccc1OCc1ccccc1Cl. The molecule has 6 nitrogen and oxygen atoms in total. The second kappa shape index (κ2) is 9.67. The van der Waals surface area contributed by atoms with Crippen molar-refractivity contribution in [2.45, 2.75) is 37.8 Å². The average Bonchev–Trinajstić information content (AvgIpc) is 3.22. The molecule has 1 amide bonds. The smallest absolute Gasteiger partial charge is 0.329 e. The number of hydrogen-bond acceptors (Lipinski definition) is 4. The van der Waals surface area contributed by atoms with Gasteiger partial charge in [-0.15, -0.1) is 0 Å². The fraction of sp³-hybridized carbons (Fsp3) is 0.304. The van der Waals surface area contributed by atoms with Crippen LogP contribution in [0.3, 0.4) is 0 Å². The number of halogens is 1. The molecule has 1 aliphatic rings. The molecule has 1 saturated carbocycles. The number of carbonyl (C=O) groups excluding carboxylic acids is 1. The number of amides is 1. The number of rotatable bonds is 8. The largest absolute Gasteiger partial charge is 0.493 e. The number of aliphatic carboxylic acids is 1. The highest BCUT2D eigenvalue weighted by molar-refractivity contribution is 6.31. The van der Waals surface area contributed by atoms with Crippen molar-refractivity contribution < 1.29 is 24.2 Å². The van der Waals surface area contributed by atoms with Crippen LogP contribution >= 0.6 is 11.6 Å². The van der Waals surface area contributed by atoms with E-state index in [-0.39, 0.29) is 0 Å². The number of nitrogens with one attached hydrogen (secondary N) is 1. The van der Waals surface area contributed by atoms with Gasteiger partial charge in [-0.2, -0.15) is 0 Å². The molecule has 1 aliphatic carbocycles. The molecule has 0 bridgehead atoms. The van der Waals surface area contributed by atoms with Crippen molar-refractivity contribution in [2.75, 3.05) is 7.11 Å². The lowest BCUT2D eigenvalue weighted by molar-refractivity contribution is -0.146. The molecule has 0 unspecified atom stereocenters. The van der Waals surface area contributed by atoms with Gasteiger partial charge in [0.1, 0.15) is 12.1 Å².